The van der Waals surface area contributed by atoms with E-state index < -0.39 is 0 Å². The maximum Gasteiger partial charge on any atom is 0.226 e. The second-order valence-electron chi connectivity index (χ2n) is 7.58. The lowest BCUT2D eigenvalue weighted by Gasteiger charge is -2.32. The van der Waals surface area contributed by atoms with E-state index in [0.29, 0.717) is 6.04 Å². The van der Waals surface area contributed by atoms with Gasteiger partial charge in [0.25, 0.3) is 0 Å². The van der Waals surface area contributed by atoms with E-state index in [-0.39, 0.29) is 5.28 Å². The van der Waals surface area contributed by atoms with Crippen LogP contribution in [-0.2, 0) is 6.54 Å². The number of halogens is 1. The van der Waals surface area contributed by atoms with Gasteiger partial charge >= 0.3 is 0 Å². The first-order valence-electron chi connectivity index (χ1n) is 9.75. The van der Waals surface area contributed by atoms with E-state index in [1.807, 2.05) is 6.33 Å². The molecule has 3 heterocycles. The molecular formula is C18H28ClN7. The van der Waals surface area contributed by atoms with Crippen molar-refractivity contribution in [3.05, 3.63) is 11.6 Å². The van der Waals surface area contributed by atoms with E-state index in [9.17, 15) is 0 Å². The summed E-state index contributed by atoms with van der Waals surface area (Å²) in [5.74, 6) is 0.783. The molecule has 7 nitrogen and oxygen atoms in total. The molecule has 1 N–H and O–H groups in total. The first-order chi connectivity index (χ1) is 12.7. The van der Waals surface area contributed by atoms with Crippen molar-refractivity contribution in [1.82, 2.24) is 29.3 Å². The molecule has 0 unspecified atom stereocenters. The van der Waals surface area contributed by atoms with Gasteiger partial charge in [0.05, 0.1) is 6.33 Å². The molecule has 2 fully saturated rings. The Bertz CT molecular complexity index is 732. The van der Waals surface area contributed by atoms with Crippen LogP contribution in [0.2, 0.25) is 5.28 Å². The number of rotatable bonds is 5. The highest BCUT2D eigenvalue weighted by Crippen LogP contribution is 2.25. The number of likely N-dealkylation sites (N-methyl/N-ethyl adjacent to an activating group) is 1. The lowest BCUT2D eigenvalue weighted by molar-refractivity contribution is 0.150. The maximum atomic E-state index is 6.22. The van der Waals surface area contributed by atoms with Gasteiger partial charge in [0.15, 0.2) is 17.0 Å². The topological polar surface area (TPSA) is 62.1 Å². The Morgan fingerprint density at radius 1 is 1.08 bits per heavy atom. The Kier molecular flexibility index (Phi) is 5.57. The van der Waals surface area contributed by atoms with Crippen LogP contribution in [0.3, 0.4) is 0 Å². The molecule has 4 rings (SSSR count). The van der Waals surface area contributed by atoms with Gasteiger partial charge in [0.2, 0.25) is 5.28 Å². The van der Waals surface area contributed by atoms with Gasteiger partial charge in [-0.05, 0) is 31.5 Å². The molecule has 0 spiro atoms. The van der Waals surface area contributed by atoms with Crippen LogP contribution < -0.4 is 5.32 Å². The molecular weight excluding hydrogens is 350 g/mol. The Hall–Kier alpha value is -1.44. The highest BCUT2D eigenvalue weighted by Gasteiger charge is 2.19. The number of fused-ring (bicyclic) bond motifs is 1. The Morgan fingerprint density at radius 2 is 1.85 bits per heavy atom. The third kappa shape index (κ3) is 4.10. The summed E-state index contributed by atoms with van der Waals surface area (Å²) in [6.07, 6.45) is 8.13. The molecule has 0 bridgehead atoms. The molecule has 142 valence electrons. The van der Waals surface area contributed by atoms with Gasteiger partial charge < -0.3 is 14.8 Å². The molecule has 0 aromatic carbocycles. The van der Waals surface area contributed by atoms with Crippen LogP contribution in [0.5, 0.6) is 0 Å². The largest absolute Gasteiger partial charge is 0.365 e. The Balaban J connectivity index is 1.48. The highest BCUT2D eigenvalue weighted by atomic mass is 35.5. The molecule has 1 aliphatic heterocycles. The van der Waals surface area contributed by atoms with Crippen molar-refractivity contribution in [3.8, 4) is 0 Å². The van der Waals surface area contributed by atoms with Gasteiger partial charge in [0.1, 0.15) is 0 Å². The van der Waals surface area contributed by atoms with Gasteiger partial charge in [0, 0.05) is 45.3 Å². The summed E-state index contributed by atoms with van der Waals surface area (Å²) in [6, 6.07) is 0.466. The summed E-state index contributed by atoms with van der Waals surface area (Å²) in [7, 11) is 2.18. The molecule has 1 saturated carbocycles. The van der Waals surface area contributed by atoms with Crippen molar-refractivity contribution in [3.63, 3.8) is 0 Å². The van der Waals surface area contributed by atoms with Crippen LogP contribution in [0, 0.1) is 0 Å². The van der Waals surface area contributed by atoms with E-state index >= 15 is 0 Å². The summed E-state index contributed by atoms with van der Waals surface area (Å²) in [4.78, 5) is 18.3. The van der Waals surface area contributed by atoms with Crippen LogP contribution >= 0.6 is 11.6 Å². The molecule has 0 amide bonds. The number of imidazole rings is 1. The molecule has 26 heavy (non-hydrogen) atoms. The SMILES string of the molecule is CN1CCN(CCn2cnc3c(NC4CCCCC4)nc(Cl)nc32)CC1. The summed E-state index contributed by atoms with van der Waals surface area (Å²) in [6.45, 7) is 6.38. The van der Waals surface area contributed by atoms with E-state index in [0.717, 1.165) is 56.3 Å². The zero-order chi connectivity index (χ0) is 17.9. The maximum absolute atomic E-state index is 6.22. The molecule has 8 heteroatoms. The van der Waals surface area contributed by atoms with Crippen molar-refractivity contribution in [2.45, 2.75) is 44.7 Å². The first-order valence-corrected chi connectivity index (χ1v) is 10.1. The third-order valence-electron chi connectivity index (χ3n) is 5.64. The summed E-state index contributed by atoms with van der Waals surface area (Å²) in [5.41, 5.74) is 1.66. The van der Waals surface area contributed by atoms with E-state index in [2.05, 4.69) is 41.7 Å². The fourth-order valence-electron chi connectivity index (χ4n) is 3.94. The highest BCUT2D eigenvalue weighted by molar-refractivity contribution is 6.28. The average molecular weight is 378 g/mol. The van der Waals surface area contributed by atoms with Crippen LogP contribution in [0.1, 0.15) is 32.1 Å². The quantitative estimate of drug-likeness (QED) is 0.808. The van der Waals surface area contributed by atoms with Gasteiger partial charge in [-0.3, -0.25) is 4.90 Å². The minimum Gasteiger partial charge on any atom is -0.365 e. The molecule has 1 saturated heterocycles. The summed E-state index contributed by atoms with van der Waals surface area (Å²) in [5, 5.41) is 3.85. The monoisotopic (exact) mass is 377 g/mol. The van der Waals surface area contributed by atoms with Crippen LogP contribution in [-0.4, -0.2) is 75.1 Å². The second kappa shape index (κ2) is 8.06. The summed E-state index contributed by atoms with van der Waals surface area (Å²) < 4.78 is 2.10. The van der Waals surface area contributed by atoms with Crippen LogP contribution in [0.4, 0.5) is 5.82 Å². The number of nitrogens with one attached hydrogen (secondary N) is 1. The number of hydrogen-bond donors (Lipinski definition) is 1. The fraction of sp³-hybridized carbons (Fsp3) is 0.722. The Morgan fingerprint density at radius 3 is 2.62 bits per heavy atom. The molecule has 0 radical (unpaired) electrons. The number of piperazine rings is 1. The zero-order valence-corrected chi connectivity index (χ0v) is 16.3. The van der Waals surface area contributed by atoms with E-state index in [1.54, 1.807) is 0 Å². The molecule has 2 aliphatic rings. The van der Waals surface area contributed by atoms with Gasteiger partial charge in [-0.15, -0.1) is 0 Å². The minimum atomic E-state index is 0.289. The third-order valence-corrected chi connectivity index (χ3v) is 5.80. The van der Waals surface area contributed by atoms with Crippen molar-refractivity contribution in [2.24, 2.45) is 0 Å². The zero-order valence-electron chi connectivity index (χ0n) is 15.5. The lowest BCUT2D eigenvalue weighted by Crippen LogP contribution is -2.45. The number of nitrogens with zero attached hydrogens (tertiary/aromatic N) is 6. The molecule has 0 atom stereocenters. The predicted molar refractivity (Wildman–Crippen MR) is 105 cm³/mol. The Labute approximate surface area is 159 Å². The van der Waals surface area contributed by atoms with Crippen molar-refractivity contribution >= 4 is 28.6 Å². The van der Waals surface area contributed by atoms with Gasteiger partial charge in [-0.1, -0.05) is 19.3 Å². The lowest BCUT2D eigenvalue weighted by atomic mass is 9.95. The normalized spacial score (nSPS) is 20.7. The van der Waals surface area contributed by atoms with E-state index in [1.165, 1.54) is 32.1 Å². The van der Waals surface area contributed by atoms with E-state index in [4.69, 9.17) is 11.6 Å². The minimum absolute atomic E-state index is 0.289. The predicted octanol–water partition coefficient (Wildman–Crippen LogP) is 2.47. The number of aromatic nitrogens is 4. The average Bonchev–Trinajstić information content (AvgIpc) is 3.05. The van der Waals surface area contributed by atoms with Crippen molar-refractivity contribution in [1.29, 1.82) is 0 Å². The second-order valence-corrected chi connectivity index (χ2v) is 7.91. The number of hydrogen-bond acceptors (Lipinski definition) is 6. The molecule has 1 aliphatic carbocycles. The smallest absolute Gasteiger partial charge is 0.226 e. The summed E-state index contributed by atoms with van der Waals surface area (Å²) >= 11 is 6.22. The van der Waals surface area contributed by atoms with Gasteiger partial charge in [-0.2, -0.15) is 9.97 Å². The van der Waals surface area contributed by atoms with Crippen molar-refractivity contribution < 1.29 is 0 Å². The number of anilines is 1. The molecule has 2 aromatic heterocycles. The van der Waals surface area contributed by atoms with Crippen LogP contribution in [0.25, 0.3) is 11.2 Å². The fourth-order valence-corrected chi connectivity index (χ4v) is 4.11. The van der Waals surface area contributed by atoms with Crippen LogP contribution in [0.15, 0.2) is 6.33 Å². The molecule has 2 aromatic rings. The standard InChI is InChI=1S/C18H28ClN7/c1-24-7-9-25(10-8-24)11-12-26-13-20-15-16(22-18(19)23-17(15)26)21-14-5-3-2-4-6-14/h13-14H,2-12H2,1H3,(H,21,22,23). The van der Waals surface area contributed by atoms with Crippen molar-refractivity contribution in [2.75, 3.05) is 45.1 Å². The first kappa shape index (κ1) is 17.9. The van der Waals surface area contributed by atoms with Gasteiger partial charge in [-0.25, -0.2) is 4.98 Å².